The molecule has 0 bridgehead atoms. The van der Waals surface area contributed by atoms with Gasteiger partial charge in [0.2, 0.25) is 0 Å². The van der Waals surface area contributed by atoms with Crippen LogP contribution in [0.4, 0.5) is 0 Å². The van der Waals surface area contributed by atoms with Crippen molar-refractivity contribution in [1.29, 1.82) is 0 Å². The Balaban J connectivity index is 2.66. The van der Waals surface area contributed by atoms with E-state index in [2.05, 4.69) is 45.0 Å². The van der Waals surface area contributed by atoms with E-state index in [-0.39, 0.29) is 0 Å². The second-order valence-corrected chi connectivity index (χ2v) is 4.90. The van der Waals surface area contributed by atoms with Gasteiger partial charge in [0.1, 0.15) is 0 Å². The number of hydrogen-bond donors (Lipinski definition) is 0. The van der Waals surface area contributed by atoms with E-state index >= 15 is 0 Å². The van der Waals surface area contributed by atoms with Crippen LogP contribution in [0.5, 0.6) is 0 Å². The quantitative estimate of drug-likeness (QED) is 0.570. The first kappa shape index (κ1) is 13.3. The number of rotatable bonds is 7. The molecule has 0 aliphatic rings. The third-order valence-corrected chi connectivity index (χ3v) is 3.33. The lowest BCUT2D eigenvalue weighted by Crippen LogP contribution is -1.99. The van der Waals surface area contributed by atoms with Gasteiger partial charge in [-0.1, -0.05) is 69.4 Å². The van der Waals surface area contributed by atoms with E-state index in [1.54, 1.807) is 5.56 Å². The Morgan fingerprint density at radius 1 is 1.00 bits per heavy atom. The van der Waals surface area contributed by atoms with Crippen molar-refractivity contribution in [3.05, 3.63) is 35.4 Å². The number of unbranched alkanes of at least 4 members (excludes halogenated alkanes) is 2. The van der Waals surface area contributed by atoms with E-state index in [1.807, 2.05) is 0 Å². The predicted molar refractivity (Wildman–Crippen MR) is 73.0 cm³/mol. The highest BCUT2D eigenvalue weighted by molar-refractivity contribution is 5.25. The fraction of sp³-hybridized carbons (Fsp3) is 0.625. The molecule has 0 nitrogen and oxygen atoms in total. The maximum Gasteiger partial charge on any atom is -0.0162 e. The molecule has 0 amide bonds. The lowest BCUT2D eigenvalue weighted by Gasteiger charge is -2.17. The molecule has 1 rings (SSSR count). The molecule has 0 fully saturated rings. The smallest absolute Gasteiger partial charge is 0.0162 e. The first-order valence-electron chi connectivity index (χ1n) is 6.84. The van der Waals surface area contributed by atoms with E-state index in [1.165, 1.54) is 44.1 Å². The second-order valence-electron chi connectivity index (χ2n) is 4.90. The summed E-state index contributed by atoms with van der Waals surface area (Å²) in [5, 5.41) is 0. The molecule has 1 aromatic carbocycles. The minimum atomic E-state index is 0.791. The van der Waals surface area contributed by atoms with Crippen LogP contribution in [0.15, 0.2) is 24.3 Å². The lowest BCUT2D eigenvalue weighted by atomic mass is 9.88. The highest BCUT2D eigenvalue weighted by Gasteiger charge is 2.10. The van der Waals surface area contributed by atoms with Gasteiger partial charge in [0.25, 0.3) is 0 Å². The maximum absolute atomic E-state index is 2.37. The van der Waals surface area contributed by atoms with E-state index in [0.29, 0.717) is 0 Å². The van der Waals surface area contributed by atoms with Gasteiger partial charge in [-0.3, -0.25) is 0 Å². The molecule has 0 aliphatic carbocycles. The summed E-state index contributed by atoms with van der Waals surface area (Å²) >= 11 is 0. The Bertz CT molecular complexity index is 280. The Morgan fingerprint density at radius 2 is 1.62 bits per heavy atom. The van der Waals surface area contributed by atoms with Crippen molar-refractivity contribution in [2.75, 3.05) is 0 Å². The third-order valence-electron chi connectivity index (χ3n) is 3.33. The van der Waals surface area contributed by atoms with Crippen LogP contribution < -0.4 is 0 Å². The summed E-state index contributed by atoms with van der Waals surface area (Å²) in [4.78, 5) is 0. The summed E-state index contributed by atoms with van der Waals surface area (Å²) in [6.45, 7) is 6.76. The van der Waals surface area contributed by atoms with Gasteiger partial charge >= 0.3 is 0 Å². The molecule has 0 heterocycles. The van der Waals surface area contributed by atoms with Crippen LogP contribution in [0.1, 0.15) is 69.4 Å². The fourth-order valence-corrected chi connectivity index (χ4v) is 2.30. The topological polar surface area (TPSA) is 0 Å². The molecule has 0 aliphatic heterocycles. The van der Waals surface area contributed by atoms with Crippen LogP contribution in [0.3, 0.4) is 0 Å². The second kappa shape index (κ2) is 7.49. The number of benzene rings is 1. The normalized spacial score (nSPS) is 11.0. The molecule has 0 spiro atoms. The molecule has 0 aromatic heterocycles. The lowest BCUT2D eigenvalue weighted by molar-refractivity contribution is 0.525. The minimum absolute atomic E-state index is 0.791. The highest BCUT2D eigenvalue weighted by atomic mass is 14.1. The van der Waals surface area contributed by atoms with Crippen LogP contribution in [0, 0.1) is 6.92 Å². The molecular weight excluding hydrogens is 192 g/mol. The largest absolute Gasteiger partial charge is 0.0654 e. The molecular formula is C16H26. The van der Waals surface area contributed by atoms with Crippen molar-refractivity contribution >= 4 is 0 Å². The summed E-state index contributed by atoms with van der Waals surface area (Å²) in [5.74, 6) is 0.791. The van der Waals surface area contributed by atoms with Gasteiger partial charge in [0, 0.05) is 0 Å². The van der Waals surface area contributed by atoms with Crippen LogP contribution >= 0.6 is 0 Å². The predicted octanol–water partition coefficient (Wildman–Crippen LogP) is 5.46. The first-order valence-corrected chi connectivity index (χ1v) is 6.84. The average Bonchev–Trinajstić information content (AvgIpc) is 2.29. The average molecular weight is 218 g/mol. The van der Waals surface area contributed by atoms with E-state index < -0.39 is 0 Å². The molecule has 0 N–H and O–H groups in total. The Labute approximate surface area is 101 Å². The van der Waals surface area contributed by atoms with Gasteiger partial charge in [0.15, 0.2) is 0 Å². The Hall–Kier alpha value is -0.780. The summed E-state index contributed by atoms with van der Waals surface area (Å²) in [7, 11) is 0. The van der Waals surface area contributed by atoms with Crippen molar-refractivity contribution in [3.63, 3.8) is 0 Å². The van der Waals surface area contributed by atoms with Crippen LogP contribution in [0.2, 0.25) is 0 Å². The van der Waals surface area contributed by atoms with Crippen LogP contribution in [-0.4, -0.2) is 0 Å². The molecule has 0 saturated carbocycles. The number of hydrogen-bond acceptors (Lipinski definition) is 0. The van der Waals surface area contributed by atoms with Crippen molar-refractivity contribution < 1.29 is 0 Å². The van der Waals surface area contributed by atoms with Gasteiger partial charge < -0.3 is 0 Å². The zero-order chi connectivity index (χ0) is 11.8. The summed E-state index contributed by atoms with van der Waals surface area (Å²) in [6.07, 6.45) is 8.08. The molecule has 1 aromatic rings. The standard InChI is InChI=1S/C16H26/c1-4-6-10-15(11-7-5-2)16-12-8-9-14(3)13-16/h8-9,12-13,15H,4-7,10-11H2,1-3H3. The van der Waals surface area contributed by atoms with Gasteiger partial charge in [0.05, 0.1) is 0 Å². The van der Waals surface area contributed by atoms with Gasteiger partial charge in [-0.25, -0.2) is 0 Å². The molecule has 0 saturated heterocycles. The molecule has 0 atom stereocenters. The fourth-order valence-electron chi connectivity index (χ4n) is 2.30. The summed E-state index contributed by atoms with van der Waals surface area (Å²) in [6, 6.07) is 9.08. The number of aryl methyl sites for hydroxylation is 1. The van der Waals surface area contributed by atoms with E-state index in [9.17, 15) is 0 Å². The molecule has 0 heteroatoms. The minimum Gasteiger partial charge on any atom is -0.0654 e. The van der Waals surface area contributed by atoms with Crippen molar-refractivity contribution in [2.45, 2.75) is 65.2 Å². The monoisotopic (exact) mass is 218 g/mol. The van der Waals surface area contributed by atoms with Gasteiger partial charge in [-0.15, -0.1) is 0 Å². The SMILES string of the molecule is CCCCC(CCCC)c1cccc(C)c1. The van der Waals surface area contributed by atoms with Crippen LogP contribution in [0.25, 0.3) is 0 Å². The summed E-state index contributed by atoms with van der Waals surface area (Å²) in [5.41, 5.74) is 2.96. The first-order chi connectivity index (χ1) is 7.77. The van der Waals surface area contributed by atoms with Crippen molar-refractivity contribution in [2.24, 2.45) is 0 Å². The zero-order valence-corrected chi connectivity index (χ0v) is 11.1. The van der Waals surface area contributed by atoms with Gasteiger partial charge in [-0.2, -0.15) is 0 Å². The molecule has 16 heavy (non-hydrogen) atoms. The van der Waals surface area contributed by atoms with E-state index in [4.69, 9.17) is 0 Å². The Morgan fingerprint density at radius 3 is 2.12 bits per heavy atom. The third kappa shape index (κ3) is 4.38. The molecule has 90 valence electrons. The maximum atomic E-state index is 2.37. The van der Waals surface area contributed by atoms with Crippen LogP contribution in [-0.2, 0) is 0 Å². The summed E-state index contributed by atoms with van der Waals surface area (Å²) < 4.78 is 0. The highest BCUT2D eigenvalue weighted by Crippen LogP contribution is 2.28. The molecule has 0 unspecified atom stereocenters. The zero-order valence-electron chi connectivity index (χ0n) is 11.1. The molecule has 0 radical (unpaired) electrons. The van der Waals surface area contributed by atoms with E-state index in [0.717, 1.165) is 5.92 Å². The van der Waals surface area contributed by atoms with Crippen molar-refractivity contribution in [3.8, 4) is 0 Å². The van der Waals surface area contributed by atoms with Gasteiger partial charge in [-0.05, 0) is 31.2 Å². The van der Waals surface area contributed by atoms with Crippen molar-refractivity contribution in [1.82, 2.24) is 0 Å². The Kier molecular flexibility index (Phi) is 6.22.